The number of imide groups is 1. The maximum Gasteiger partial charge on any atom is 0.325 e. The standard InChI is InChI=1S/C24H26N4O5S/c29-21(25-18-9-11-19(12-10-18)34(32,33)27-14-3-4-15-27)16-28-22(30)24(26-23(28)31)13-5-7-17-6-1-2-8-20(17)24/h1-2,6,8-12H,3-5,7,13-16H2,(H,25,29)(H,26,31)/t24-/m1/s1. The first-order chi connectivity index (χ1) is 16.3. The Labute approximate surface area is 198 Å². The van der Waals surface area contributed by atoms with Crippen molar-refractivity contribution < 1.29 is 22.8 Å². The molecule has 4 amide bonds. The number of rotatable bonds is 5. The van der Waals surface area contributed by atoms with Crippen LogP contribution in [0.3, 0.4) is 0 Å². The van der Waals surface area contributed by atoms with Gasteiger partial charge in [-0.15, -0.1) is 0 Å². The average molecular weight is 483 g/mol. The minimum absolute atomic E-state index is 0.166. The molecule has 3 aliphatic rings. The van der Waals surface area contributed by atoms with Gasteiger partial charge >= 0.3 is 6.03 Å². The molecule has 0 saturated carbocycles. The van der Waals surface area contributed by atoms with Crippen LogP contribution in [0.5, 0.6) is 0 Å². The molecule has 178 valence electrons. The number of benzene rings is 2. The van der Waals surface area contributed by atoms with E-state index in [1.165, 1.54) is 28.6 Å². The van der Waals surface area contributed by atoms with Gasteiger partial charge in [-0.3, -0.25) is 14.5 Å². The number of hydrogen-bond donors (Lipinski definition) is 2. The minimum Gasteiger partial charge on any atom is -0.325 e. The lowest BCUT2D eigenvalue weighted by atomic mass is 9.76. The van der Waals surface area contributed by atoms with Crippen LogP contribution in [-0.2, 0) is 31.6 Å². The third kappa shape index (κ3) is 3.76. The molecule has 0 aromatic heterocycles. The first-order valence-electron chi connectivity index (χ1n) is 11.4. The lowest BCUT2D eigenvalue weighted by Gasteiger charge is -2.33. The van der Waals surface area contributed by atoms with Crippen LogP contribution in [0.4, 0.5) is 10.5 Å². The predicted molar refractivity (Wildman–Crippen MR) is 124 cm³/mol. The third-order valence-corrected chi connectivity index (χ3v) is 8.71. The Morgan fingerprint density at radius 3 is 2.44 bits per heavy atom. The molecule has 0 bridgehead atoms. The zero-order valence-corrected chi connectivity index (χ0v) is 19.4. The zero-order chi connectivity index (χ0) is 23.9. The summed E-state index contributed by atoms with van der Waals surface area (Å²) in [5.74, 6) is -0.966. The summed E-state index contributed by atoms with van der Waals surface area (Å²) in [4.78, 5) is 39.8. The van der Waals surface area contributed by atoms with Crippen molar-refractivity contribution in [2.24, 2.45) is 0 Å². The summed E-state index contributed by atoms with van der Waals surface area (Å²) < 4.78 is 26.8. The van der Waals surface area contributed by atoms with Crippen LogP contribution in [0.2, 0.25) is 0 Å². The van der Waals surface area contributed by atoms with E-state index in [2.05, 4.69) is 10.6 Å². The largest absolute Gasteiger partial charge is 0.325 e. The Hall–Kier alpha value is -3.24. The quantitative estimate of drug-likeness (QED) is 0.634. The van der Waals surface area contributed by atoms with Crippen LogP contribution in [-0.4, -0.2) is 55.1 Å². The summed E-state index contributed by atoms with van der Waals surface area (Å²) >= 11 is 0. The number of fused-ring (bicyclic) bond motifs is 2. The number of carbonyl (C=O) groups is 3. The van der Waals surface area contributed by atoms with Crippen molar-refractivity contribution in [1.82, 2.24) is 14.5 Å². The molecular weight excluding hydrogens is 456 g/mol. The van der Waals surface area contributed by atoms with Crippen LogP contribution < -0.4 is 10.6 Å². The van der Waals surface area contributed by atoms with Gasteiger partial charge < -0.3 is 10.6 Å². The van der Waals surface area contributed by atoms with E-state index in [0.29, 0.717) is 25.2 Å². The van der Waals surface area contributed by atoms with Gasteiger partial charge in [0.2, 0.25) is 15.9 Å². The number of sulfonamides is 1. The van der Waals surface area contributed by atoms with Crippen LogP contribution in [0.1, 0.15) is 36.8 Å². The summed E-state index contributed by atoms with van der Waals surface area (Å²) in [5.41, 5.74) is 1.07. The number of nitrogens with one attached hydrogen (secondary N) is 2. The van der Waals surface area contributed by atoms with E-state index in [1.807, 2.05) is 24.3 Å². The van der Waals surface area contributed by atoms with Crippen LogP contribution >= 0.6 is 0 Å². The lowest BCUT2D eigenvalue weighted by molar-refractivity contribution is -0.134. The number of amides is 4. The van der Waals surface area contributed by atoms with E-state index < -0.39 is 40.0 Å². The minimum atomic E-state index is -3.54. The molecule has 1 atom stereocenters. The van der Waals surface area contributed by atoms with E-state index in [4.69, 9.17) is 0 Å². The van der Waals surface area contributed by atoms with Crippen LogP contribution in [0.25, 0.3) is 0 Å². The second-order valence-electron chi connectivity index (χ2n) is 8.92. The molecule has 2 aromatic carbocycles. The highest BCUT2D eigenvalue weighted by Crippen LogP contribution is 2.39. The molecular formula is C24H26N4O5S. The Bertz CT molecular complexity index is 1250. The third-order valence-electron chi connectivity index (χ3n) is 6.79. The first kappa shape index (κ1) is 22.5. The summed E-state index contributed by atoms with van der Waals surface area (Å²) in [6, 6.07) is 12.9. The highest BCUT2D eigenvalue weighted by atomic mass is 32.2. The van der Waals surface area contributed by atoms with Gasteiger partial charge in [-0.25, -0.2) is 13.2 Å². The van der Waals surface area contributed by atoms with Gasteiger partial charge in [0.05, 0.1) is 4.90 Å². The Morgan fingerprint density at radius 2 is 1.71 bits per heavy atom. The van der Waals surface area contributed by atoms with E-state index in [9.17, 15) is 22.8 Å². The molecule has 10 heteroatoms. The van der Waals surface area contributed by atoms with Gasteiger partial charge in [0.25, 0.3) is 5.91 Å². The molecule has 2 heterocycles. The van der Waals surface area contributed by atoms with Crippen molar-refractivity contribution in [1.29, 1.82) is 0 Å². The Kier molecular flexibility index (Phi) is 5.65. The maximum atomic E-state index is 13.3. The first-order valence-corrected chi connectivity index (χ1v) is 12.9. The molecule has 1 aliphatic carbocycles. The summed E-state index contributed by atoms with van der Waals surface area (Å²) in [6.07, 6.45) is 3.78. The van der Waals surface area contributed by atoms with Gasteiger partial charge in [-0.05, 0) is 67.5 Å². The summed E-state index contributed by atoms with van der Waals surface area (Å²) in [5, 5.41) is 5.48. The van der Waals surface area contributed by atoms with Crippen molar-refractivity contribution in [3.8, 4) is 0 Å². The average Bonchev–Trinajstić information content (AvgIpc) is 3.45. The van der Waals surface area contributed by atoms with E-state index in [0.717, 1.165) is 41.7 Å². The molecule has 5 rings (SSSR count). The van der Waals surface area contributed by atoms with E-state index >= 15 is 0 Å². The van der Waals surface area contributed by atoms with Gasteiger partial charge in [0, 0.05) is 18.8 Å². The fraction of sp³-hybridized carbons (Fsp3) is 0.375. The lowest BCUT2D eigenvalue weighted by Crippen LogP contribution is -2.47. The fourth-order valence-electron chi connectivity index (χ4n) is 5.09. The molecule has 0 unspecified atom stereocenters. The molecule has 2 fully saturated rings. The van der Waals surface area contributed by atoms with Gasteiger partial charge in [0.15, 0.2) is 0 Å². The van der Waals surface area contributed by atoms with Crippen molar-refractivity contribution in [3.05, 3.63) is 59.7 Å². The molecule has 1 spiro atoms. The van der Waals surface area contributed by atoms with Gasteiger partial charge in [-0.2, -0.15) is 4.31 Å². The normalized spacial score (nSPS) is 22.6. The molecule has 0 radical (unpaired) electrons. The number of hydrogen-bond acceptors (Lipinski definition) is 5. The molecule has 34 heavy (non-hydrogen) atoms. The van der Waals surface area contributed by atoms with Gasteiger partial charge in [-0.1, -0.05) is 24.3 Å². The maximum absolute atomic E-state index is 13.3. The monoisotopic (exact) mass is 482 g/mol. The Morgan fingerprint density at radius 1 is 1.00 bits per heavy atom. The SMILES string of the molecule is O=C(CN1C(=O)N[C@@]2(CCCc3ccccc32)C1=O)Nc1ccc(S(=O)(=O)N2CCCC2)cc1. The van der Waals surface area contributed by atoms with E-state index in [1.54, 1.807) is 0 Å². The van der Waals surface area contributed by atoms with E-state index in [-0.39, 0.29) is 4.90 Å². The topological polar surface area (TPSA) is 116 Å². The van der Waals surface area contributed by atoms with Gasteiger partial charge in [0.1, 0.15) is 12.1 Å². The number of urea groups is 1. The van der Waals surface area contributed by atoms with Crippen LogP contribution in [0, 0.1) is 0 Å². The molecule has 2 N–H and O–H groups in total. The molecule has 9 nitrogen and oxygen atoms in total. The molecule has 2 aliphatic heterocycles. The number of anilines is 1. The van der Waals surface area contributed by atoms with Crippen LogP contribution in [0.15, 0.2) is 53.4 Å². The van der Waals surface area contributed by atoms with Crippen molar-refractivity contribution >= 4 is 33.6 Å². The molecule has 2 aromatic rings. The number of aryl methyl sites for hydroxylation is 1. The molecule has 2 saturated heterocycles. The second kappa shape index (κ2) is 8.52. The smallest absolute Gasteiger partial charge is 0.325 e. The highest BCUT2D eigenvalue weighted by Gasteiger charge is 2.54. The summed E-state index contributed by atoms with van der Waals surface area (Å²) in [7, 11) is -3.54. The van der Waals surface area contributed by atoms with Crippen molar-refractivity contribution in [2.45, 2.75) is 42.5 Å². The number of nitrogens with zero attached hydrogens (tertiary/aromatic N) is 2. The predicted octanol–water partition coefficient (Wildman–Crippen LogP) is 2.19. The second-order valence-corrected chi connectivity index (χ2v) is 10.9. The zero-order valence-electron chi connectivity index (χ0n) is 18.6. The van der Waals surface area contributed by atoms with Crippen molar-refractivity contribution in [2.75, 3.05) is 25.0 Å². The summed E-state index contributed by atoms with van der Waals surface area (Å²) in [6.45, 7) is 0.597. The van der Waals surface area contributed by atoms with Crippen molar-refractivity contribution in [3.63, 3.8) is 0 Å². The number of carbonyl (C=O) groups excluding carboxylic acids is 3. The Balaban J connectivity index is 1.27. The fourth-order valence-corrected chi connectivity index (χ4v) is 6.60. The highest BCUT2D eigenvalue weighted by molar-refractivity contribution is 7.89.